The molecule has 3 atom stereocenters. The van der Waals surface area contributed by atoms with Crippen LogP contribution in [0.5, 0.6) is 0 Å². The third-order valence-electron chi connectivity index (χ3n) is 5.35. The van der Waals surface area contributed by atoms with Crippen LogP contribution in [-0.2, 0) is 20.9 Å². The fourth-order valence-corrected chi connectivity index (χ4v) is 3.26. The molecule has 1 heterocycles. The monoisotopic (exact) mass is 460 g/mol. The molecule has 0 radical (unpaired) electrons. The SMILES string of the molecule is CCC(C)[C@H](OC(=O)Nc1ccc2ccccc2n1)C(=O)N[C@H](C#N)COCc1ccccc1. The van der Waals surface area contributed by atoms with Crippen LogP contribution in [0.3, 0.4) is 0 Å². The highest BCUT2D eigenvalue weighted by molar-refractivity contribution is 5.90. The summed E-state index contributed by atoms with van der Waals surface area (Å²) in [6.45, 7) is 4.03. The molecule has 0 aliphatic rings. The lowest BCUT2D eigenvalue weighted by atomic mass is 10.0. The van der Waals surface area contributed by atoms with E-state index in [0.717, 1.165) is 16.5 Å². The third-order valence-corrected chi connectivity index (χ3v) is 5.35. The number of nitrogens with zero attached hydrogens (tertiary/aromatic N) is 2. The van der Waals surface area contributed by atoms with Crippen molar-refractivity contribution in [2.75, 3.05) is 11.9 Å². The van der Waals surface area contributed by atoms with Gasteiger partial charge in [0.15, 0.2) is 6.10 Å². The molecule has 8 nitrogen and oxygen atoms in total. The first-order valence-corrected chi connectivity index (χ1v) is 11.1. The van der Waals surface area contributed by atoms with Crippen LogP contribution in [0.4, 0.5) is 10.6 Å². The van der Waals surface area contributed by atoms with Gasteiger partial charge in [-0.25, -0.2) is 9.78 Å². The molecule has 34 heavy (non-hydrogen) atoms. The first-order valence-electron chi connectivity index (χ1n) is 11.1. The molecule has 2 N–H and O–H groups in total. The number of carbonyl (C=O) groups excluding carboxylic acids is 2. The van der Waals surface area contributed by atoms with Crippen molar-refractivity contribution < 1.29 is 19.1 Å². The van der Waals surface area contributed by atoms with E-state index in [0.29, 0.717) is 18.8 Å². The highest BCUT2D eigenvalue weighted by atomic mass is 16.6. The van der Waals surface area contributed by atoms with Crippen LogP contribution in [0.15, 0.2) is 66.7 Å². The van der Waals surface area contributed by atoms with E-state index in [4.69, 9.17) is 9.47 Å². The Morgan fingerprint density at radius 1 is 1.06 bits per heavy atom. The normalized spacial score (nSPS) is 13.3. The summed E-state index contributed by atoms with van der Waals surface area (Å²) in [5.74, 6) is -0.498. The van der Waals surface area contributed by atoms with Gasteiger partial charge in [-0.3, -0.25) is 10.1 Å². The predicted molar refractivity (Wildman–Crippen MR) is 129 cm³/mol. The number of anilines is 1. The molecule has 0 saturated carbocycles. The molecular weight excluding hydrogens is 432 g/mol. The first-order chi connectivity index (χ1) is 16.5. The molecule has 1 aromatic heterocycles. The van der Waals surface area contributed by atoms with E-state index < -0.39 is 24.1 Å². The second-order valence-electron chi connectivity index (χ2n) is 7.92. The fraction of sp³-hybridized carbons (Fsp3) is 0.308. The van der Waals surface area contributed by atoms with E-state index in [2.05, 4.69) is 15.6 Å². The smallest absolute Gasteiger partial charge is 0.413 e. The average molecular weight is 461 g/mol. The average Bonchev–Trinajstić information content (AvgIpc) is 2.86. The number of nitriles is 1. The Kier molecular flexibility index (Phi) is 8.95. The molecule has 0 fully saturated rings. The van der Waals surface area contributed by atoms with Gasteiger partial charge < -0.3 is 14.8 Å². The van der Waals surface area contributed by atoms with E-state index in [1.54, 1.807) is 13.0 Å². The van der Waals surface area contributed by atoms with E-state index in [9.17, 15) is 14.9 Å². The number of rotatable bonds is 10. The minimum Gasteiger partial charge on any atom is -0.436 e. The van der Waals surface area contributed by atoms with Gasteiger partial charge >= 0.3 is 6.09 Å². The van der Waals surface area contributed by atoms with Crippen LogP contribution < -0.4 is 10.6 Å². The van der Waals surface area contributed by atoms with Crippen molar-refractivity contribution in [1.82, 2.24) is 10.3 Å². The maximum Gasteiger partial charge on any atom is 0.413 e. The summed E-state index contributed by atoms with van der Waals surface area (Å²) >= 11 is 0. The Morgan fingerprint density at radius 3 is 2.53 bits per heavy atom. The van der Waals surface area contributed by atoms with Gasteiger partial charge in [0, 0.05) is 11.3 Å². The molecule has 8 heteroatoms. The zero-order valence-corrected chi connectivity index (χ0v) is 19.2. The summed E-state index contributed by atoms with van der Waals surface area (Å²) in [5.41, 5.74) is 1.69. The van der Waals surface area contributed by atoms with Crippen LogP contribution in [0, 0.1) is 17.2 Å². The summed E-state index contributed by atoms with van der Waals surface area (Å²) in [4.78, 5) is 29.8. The Balaban J connectivity index is 1.57. The fourth-order valence-electron chi connectivity index (χ4n) is 3.26. The van der Waals surface area contributed by atoms with E-state index >= 15 is 0 Å². The number of hydrogen-bond acceptors (Lipinski definition) is 6. The molecule has 0 bridgehead atoms. The molecule has 3 rings (SSSR count). The zero-order chi connectivity index (χ0) is 24.3. The van der Waals surface area contributed by atoms with Crippen LogP contribution in [0.2, 0.25) is 0 Å². The van der Waals surface area contributed by atoms with Gasteiger partial charge in [-0.1, -0.05) is 62.4 Å². The van der Waals surface area contributed by atoms with Crippen LogP contribution in [0.25, 0.3) is 10.9 Å². The number of fused-ring (bicyclic) bond motifs is 1. The predicted octanol–water partition coefficient (Wildman–Crippen LogP) is 4.42. The molecule has 0 saturated heterocycles. The minimum absolute atomic E-state index is 0.0115. The Bertz CT molecular complexity index is 1150. The Labute approximate surface area is 198 Å². The van der Waals surface area contributed by atoms with Crippen molar-refractivity contribution in [3.05, 3.63) is 72.3 Å². The summed E-state index contributed by atoms with van der Waals surface area (Å²) in [5, 5.41) is 15.6. The number of para-hydroxylation sites is 1. The van der Waals surface area contributed by atoms with Gasteiger partial charge in [-0.15, -0.1) is 0 Å². The summed E-state index contributed by atoms with van der Waals surface area (Å²) in [7, 11) is 0. The largest absolute Gasteiger partial charge is 0.436 e. The summed E-state index contributed by atoms with van der Waals surface area (Å²) in [6, 6.07) is 21.7. The molecule has 3 aromatic rings. The second kappa shape index (κ2) is 12.3. The molecule has 176 valence electrons. The van der Waals surface area contributed by atoms with E-state index in [-0.39, 0.29) is 12.5 Å². The van der Waals surface area contributed by atoms with Crippen LogP contribution in [0.1, 0.15) is 25.8 Å². The number of benzene rings is 2. The van der Waals surface area contributed by atoms with Gasteiger partial charge in [0.1, 0.15) is 11.9 Å². The number of ether oxygens (including phenoxy) is 2. The highest BCUT2D eigenvalue weighted by Crippen LogP contribution is 2.17. The van der Waals surface area contributed by atoms with Crippen molar-refractivity contribution in [1.29, 1.82) is 5.26 Å². The van der Waals surface area contributed by atoms with Crippen LogP contribution in [-0.4, -0.2) is 35.7 Å². The number of pyridine rings is 1. The van der Waals surface area contributed by atoms with Gasteiger partial charge in [-0.05, 0) is 30.2 Å². The summed E-state index contributed by atoms with van der Waals surface area (Å²) < 4.78 is 11.0. The Morgan fingerprint density at radius 2 is 1.79 bits per heavy atom. The lowest BCUT2D eigenvalue weighted by Crippen LogP contribution is -2.47. The number of nitrogens with one attached hydrogen (secondary N) is 2. The highest BCUT2D eigenvalue weighted by Gasteiger charge is 2.30. The van der Waals surface area contributed by atoms with Gasteiger partial charge in [0.2, 0.25) is 0 Å². The third kappa shape index (κ3) is 7.02. The van der Waals surface area contributed by atoms with E-state index in [1.807, 2.05) is 73.7 Å². The van der Waals surface area contributed by atoms with Crippen molar-refractivity contribution in [2.24, 2.45) is 5.92 Å². The molecule has 2 amide bonds. The van der Waals surface area contributed by atoms with Crippen LogP contribution >= 0.6 is 0 Å². The number of amides is 2. The topological polar surface area (TPSA) is 113 Å². The second-order valence-corrected chi connectivity index (χ2v) is 7.92. The zero-order valence-electron chi connectivity index (χ0n) is 19.2. The van der Waals surface area contributed by atoms with Crippen molar-refractivity contribution in [3.8, 4) is 6.07 Å². The van der Waals surface area contributed by atoms with Crippen molar-refractivity contribution in [3.63, 3.8) is 0 Å². The molecular formula is C26H28N4O4. The van der Waals surface area contributed by atoms with Gasteiger partial charge in [0.25, 0.3) is 5.91 Å². The lowest BCUT2D eigenvalue weighted by Gasteiger charge is -2.24. The minimum atomic E-state index is -1.07. The molecule has 0 aliphatic heterocycles. The quantitative estimate of drug-likeness (QED) is 0.463. The molecule has 2 aromatic carbocycles. The molecule has 0 aliphatic carbocycles. The van der Waals surface area contributed by atoms with Crippen molar-refractivity contribution in [2.45, 2.75) is 39.0 Å². The molecule has 0 spiro atoms. The van der Waals surface area contributed by atoms with Gasteiger partial charge in [0.05, 0.1) is 24.8 Å². The maximum atomic E-state index is 12.9. The lowest BCUT2D eigenvalue weighted by molar-refractivity contribution is -0.132. The first kappa shape index (κ1) is 24.7. The molecule has 1 unspecified atom stereocenters. The number of aromatic nitrogens is 1. The standard InChI is InChI=1S/C26H28N4O4/c1-3-18(2)24(25(31)28-21(15-27)17-33-16-19-9-5-4-6-10-19)34-26(32)30-23-14-13-20-11-7-8-12-22(20)29-23/h4-14,18,21,24H,3,16-17H2,1-2H3,(H,28,31)(H,29,30,32)/t18?,21-,24+/m1/s1. The van der Waals surface area contributed by atoms with Gasteiger partial charge in [-0.2, -0.15) is 5.26 Å². The maximum absolute atomic E-state index is 12.9. The summed E-state index contributed by atoms with van der Waals surface area (Å²) in [6.07, 6.45) is -1.27. The number of carbonyl (C=O) groups is 2. The number of hydrogen-bond donors (Lipinski definition) is 2. The Hall–Kier alpha value is -3.96. The van der Waals surface area contributed by atoms with E-state index in [1.165, 1.54) is 0 Å². The van der Waals surface area contributed by atoms with Crippen molar-refractivity contribution >= 4 is 28.7 Å².